The summed E-state index contributed by atoms with van der Waals surface area (Å²) in [6, 6.07) is 12.5. The maximum absolute atomic E-state index is 6.10. The molecular weight excluding hydrogens is 504 g/mol. The second-order valence-electron chi connectivity index (χ2n) is 10.3. The SMILES string of the molecule is COc1ncnc(C2CC2)c1-c1nc(NCc2ccc(-c3cccnc3)cc2)c2ncn(C3CCCCO3)c2n1. The Balaban J connectivity index is 1.27. The van der Waals surface area contributed by atoms with E-state index in [2.05, 4.69) is 50.6 Å². The van der Waals surface area contributed by atoms with E-state index in [-0.39, 0.29) is 6.23 Å². The minimum Gasteiger partial charge on any atom is -0.480 e. The molecule has 40 heavy (non-hydrogen) atoms. The number of pyridine rings is 1. The molecule has 10 nitrogen and oxygen atoms in total. The van der Waals surface area contributed by atoms with Crippen LogP contribution in [0.25, 0.3) is 33.7 Å². The summed E-state index contributed by atoms with van der Waals surface area (Å²) in [4.78, 5) is 28.0. The molecule has 1 aromatic carbocycles. The van der Waals surface area contributed by atoms with Crippen LogP contribution in [-0.2, 0) is 11.3 Å². The molecule has 0 spiro atoms. The number of aromatic nitrogens is 7. The molecule has 7 rings (SSSR count). The van der Waals surface area contributed by atoms with Crippen molar-refractivity contribution in [3.63, 3.8) is 0 Å². The molecule has 0 amide bonds. The van der Waals surface area contributed by atoms with Gasteiger partial charge in [0.15, 0.2) is 22.8 Å². The first-order valence-corrected chi connectivity index (χ1v) is 13.8. The van der Waals surface area contributed by atoms with E-state index in [9.17, 15) is 0 Å². The Labute approximate surface area is 231 Å². The van der Waals surface area contributed by atoms with E-state index in [4.69, 9.17) is 24.4 Å². The van der Waals surface area contributed by atoms with Gasteiger partial charge < -0.3 is 14.8 Å². The van der Waals surface area contributed by atoms with Crippen molar-refractivity contribution in [2.75, 3.05) is 19.0 Å². The number of rotatable bonds is 8. The van der Waals surface area contributed by atoms with Crippen molar-refractivity contribution in [2.45, 2.75) is 50.8 Å². The number of fused-ring (bicyclic) bond motifs is 1. The second kappa shape index (κ2) is 10.6. The smallest absolute Gasteiger partial charge is 0.227 e. The average Bonchev–Trinajstić information content (AvgIpc) is 3.79. The molecule has 4 aromatic heterocycles. The summed E-state index contributed by atoms with van der Waals surface area (Å²) in [5, 5.41) is 3.53. The topological polar surface area (TPSA) is 113 Å². The Hall–Kier alpha value is -4.44. The zero-order valence-corrected chi connectivity index (χ0v) is 22.3. The van der Waals surface area contributed by atoms with Crippen LogP contribution in [0.1, 0.15) is 55.5 Å². The highest BCUT2D eigenvalue weighted by Gasteiger charge is 2.32. The van der Waals surface area contributed by atoms with E-state index in [0.29, 0.717) is 35.5 Å². The van der Waals surface area contributed by atoms with E-state index in [0.717, 1.165) is 72.3 Å². The van der Waals surface area contributed by atoms with Crippen LogP contribution in [0.15, 0.2) is 61.4 Å². The van der Waals surface area contributed by atoms with E-state index in [1.54, 1.807) is 19.6 Å². The molecular formula is C30H30N8O2. The monoisotopic (exact) mass is 534 g/mol. The van der Waals surface area contributed by atoms with Gasteiger partial charge in [0.1, 0.15) is 18.1 Å². The van der Waals surface area contributed by atoms with E-state index < -0.39 is 0 Å². The lowest BCUT2D eigenvalue weighted by Crippen LogP contribution is -2.18. The zero-order chi connectivity index (χ0) is 26.9. The largest absolute Gasteiger partial charge is 0.480 e. The van der Waals surface area contributed by atoms with Gasteiger partial charge >= 0.3 is 0 Å². The summed E-state index contributed by atoms with van der Waals surface area (Å²) in [6.07, 6.45) is 12.2. The third-order valence-corrected chi connectivity index (χ3v) is 7.52. The van der Waals surface area contributed by atoms with Gasteiger partial charge in [-0.1, -0.05) is 30.3 Å². The summed E-state index contributed by atoms with van der Waals surface area (Å²) in [5.41, 5.74) is 6.44. The number of ether oxygens (including phenoxy) is 2. The lowest BCUT2D eigenvalue weighted by atomic mass is 10.1. The molecule has 1 aliphatic heterocycles. The Morgan fingerprint density at radius 1 is 1.00 bits per heavy atom. The minimum atomic E-state index is -0.105. The fourth-order valence-electron chi connectivity index (χ4n) is 5.25. The lowest BCUT2D eigenvalue weighted by Gasteiger charge is -2.24. The molecule has 1 aliphatic carbocycles. The maximum atomic E-state index is 6.10. The lowest BCUT2D eigenvalue weighted by molar-refractivity contribution is -0.0298. The number of nitrogens with one attached hydrogen (secondary N) is 1. The second-order valence-corrected chi connectivity index (χ2v) is 10.3. The first-order chi connectivity index (χ1) is 19.8. The van der Waals surface area contributed by atoms with Crippen molar-refractivity contribution < 1.29 is 9.47 Å². The van der Waals surface area contributed by atoms with Crippen LogP contribution in [0.3, 0.4) is 0 Å². The maximum Gasteiger partial charge on any atom is 0.227 e. The number of methoxy groups -OCH3 is 1. The summed E-state index contributed by atoms with van der Waals surface area (Å²) >= 11 is 0. The van der Waals surface area contributed by atoms with Gasteiger partial charge in [-0.15, -0.1) is 0 Å². The summed E-state index contributed by atoms with van der Waals surface area (Å²) in [6.45, 7) is 1.30. The number of nitrogens with zero attached hydrogens (tertiary/aromatic N) is 7. The van der Waals surface area contributed by atoms with Gasteiger partial charge in [0, 0.05) is 31.5 Å². The molecule has 5 aromatic rings. The van der Waals surface area contributed by atoms with Gasteiger partial charge in [-0.2, -0.15) is 0 Å². The van der Waals surface area contributed by atoms with Crippen LogP contribution in [-0.4, -0.2) is 48.2 Å². The number of imidazole rings is 1. The molecule has 0 bridgehead atoms. The van der Waals surface area contributed by atoms with Crippen molar-refractivity contribution in [1.82, 2.24) is 34.5 Å². The van der Waals surface area contributed by atoms with Crippen LogP contribution in [0.5, 0.6) is 5.88 Å². The van der Waals surface area contributed by atoms with Gasteiger partial charge in [0.05, 0.1) is 19.1 Å². The average molecular weight is 535 g/mol. The Bertz CT molecular complexity index is 1630. The van der Waals surface area contributed by atoms with Crippen LogP contribution in [0, 0.1) is 0 Å². The first kappa shape index (κ1) is 24.6. The van der Waals surface area contributed by atoms with Crippen molar-refractivity contribution in [3.8, 4) is 28.4 Å². The molecule has 1 N–H and O–H groups in total. The fourth-order valence-corrected chi connectivity index (χ4v) is 5.25. The molecule has 2 fully saturated rings. The standard InChI is InChI=1S/C30H30N8O2/c1-39-30-24(25(21-11-12-21)33-17-34-30)27-36-28(26-29(37-27)38(18-35-26)23-6-2-3-14-40-23)32-15-19-7-9-20(10-8-19)22-5-4-13-31-16-22/h4-5,7-10,13,16-18,21,23H,2-3,6,11-12,14-15H2,1H3,(H,32,36,37). The van der Waals surface area contributed by atoms with Crippen molar-refractivity contribution in [3.05, 3.63) is 72.7 Å². The van der Waals surface area contributed by atoms with E-state index >= 15 is 0 Å². The van der Waals surface area contributed by atoms with Gasteiger partial charge in [0.25, 0.3) is 0 Å². The summed E-state index contributed by atoms with van der Waals surface area (Å²) in [5.74, 6) is 2.03. The molecule has 1 saturated heterocycles. The third kappa shape index (κ3) is 4.75. The van der Waals surface area contributed by atoms with E-state index in [1.165, 1.54) is 0 Å². The molecule has 1 unspecified atom stereocenters. The summed E-state index contributed by atoms with van der Waals surface area (Å²) < 4.78 is 13.8. The zero-order valence-electron chi connectivity index (χ0n) is 22.3. The molecule has 10 heteroatoms. The van der Waals surface area contributed by atoms with Crippen molar-refractivity contribution in [2.24, 2.45) is 0 Å². The van der Waals surface area contributed by atoms with Gasteiger partial charge in [0.2, 0.25) is 5.88 Å². The van der Waals surface area contributed by atoms with Crippen LogP contribution in [0.2, 0.25) is 0 Å². The highest BCUT2D eigenvalue weighted by molar-refractivity contribution is 5.86. The van der Waals surface area contributed by atoms with Crippen molar-refractivity contribution in [1.29, 1.82) is 0 Å². The Morgan fingerprint density at radius 3 is 2.65 bits per heavy atom. The van der Waals surface area contributed by atoms with Crippen LogP contribution in [0.4, 0.5) is 5.82 Å². The fraction of sp³-hybridized carbons (Fsp3) is 0.333. The predicted octanol–water partition coefficient (Wildman–Crippen LogP) is 5.54. The Morgan fingerprint density at radius 2 is 1.90 bits per heavy atom. The quantitative estimate of drug-likeness (QED) is 0.274. The molecule has 1 atom stereocenters. The molecule has 0 radical (unpaired) electrons. The number of hydrogen-bond donors (Lipinski definition) is 1. The third-order valence-electron chi connectivity index (χ3n) is 7.52. The summed E-state index contributed by atoms with van der Waals surface area (Å²) in [7, 11) is 1.62. The molecule has 1 saturated carbocycles. The van der Waals surface area contributed by atoms with Crippen LogP contribution < -0.4 is 10.1 Å². The highest BCUT2D eigenvalue weighted by atomic mass is 16.5. The molecule has 202 valence electrons. The normalized spacial score (nSPS) is 17.2. The number of anilines is 1. The van der Waals surface area contributed by atoms with E-state index in [1.807, 2.05) is 23.2 Å². The van der Waals surface area contributed by atoms with Gasteiger partial charge in [-0.3, -0.25) is 9.55 Å². The molecule has 2 aliphatic rings. The predicted molar refractivity (Wildman–Crippen MR) is 151 cm³/mol. The van der Waals surface area contributed by atoms with Gasteiger partial charge in [-0.05, 0) is 54.9 Å². The number of benzene rings is 1. The number of hydrogen-bond acceptors (Lipinski definition) is 9. The minimum absolute atomic E-state index is 0.105. The first-order valence-electron chi connectivity index (χ1n) is 13.8. The van der Waals surface area contributed by atoms with Crippen LogP contribution >= 0.6 is 0 Å². The Kier molecular flexibility index (Phi) is 6.52. The molecule has 5 heterocycles. The highest BCUT2D eigenvalue weighted by Crippen LogP contribution is 2.45. The van der Waals surface area contributed by atoms with Crippen molar-refractivity contribution >= 4 is 17.0 Å². The van der Waals surface area contributed by atoms with Gasteiger partial charge in [-0.25, -0.2) is 24.9 Å².